The minimum absolute atomic E-state index is 0.172. The SMILES string of the molecule is N=C(c1cccc(C(=O)Nc2ccc(F)cc2)c1)c1cc(-c2ncn[nH]2)ccc1N. The molecular weight excluding hydrogens is 383 g/mol. The molecular formula is C22H17FN6O. The van der Waals surface area contributed by atoms with E-state index in [9.17, 15) is 9.18 Å². The van der Waals surface area contributed by atoms with E-state index >= 15 is 0 Å². The van der Waals surface area contributed by atoms with Gasteiger partial charge in [0.05, 0.1) is 5.71 Å². The van der Waals surface area contributed by atoms with Crippen molar-refractivity contribution in [2.75, 3.05) is 11.1 Å². The van der Waals surface area contributed by atoms with Crippen LogP contribution in [0.1, 0.15) is 21.5 Å². The number of hydrogen-bond acceptors (Lipinski definition) is 5. The second-order valence-corrected chi connectivity index (χ2v) is 6.55. The fourth-order valence-electron chi connectivity index (χ4n) is 2.97. The van der Waals surface area contributed by atoms with E-state index in [1.165, 1.54) is 30.6 Å². The van der Waals surface area contributed by atoms with E-state index in [2.05, 4.69) is 20.5 Å². The van der Waals surface area contributed by atoms with Crippen molar-refractivity contribution in [3.05, 3.63) is 95.6 Å². The number of nitrogens with one attached hydrogen (secondary N) is 3. The lowest BCUT2D eigenvalue weighted by Gasteiger charge is -2.11. The maximum Gasteiger partial charge on any atom is 0.255 e. The van der Waals surface area contributed by atoms with Crippen LogP contribution in [-0.2, 0) is 0 Å². The monoisotopic (exact) mass is 400 g/mol. The van der Waals surface area contributed by atoms with Crippen molar-refractivity contribution in [1.82, 2.24) is 15.2 Å². The Morgan fingerprint density at radius 3 is 2.53 bits per heavy atom. The number of aromatic amines is 1. The predicted molar refractivity (Wildman–Crippen MR) is 113 cm³/mol. The van der Waals surface area contributed by atoms with Crippen LogP contribution in [-0.4, -0.2) is 26.8 Å². The Kier molecular flexibility index (Phi) is 5.04. The lowest BCUT2D eigenvalue weighted by molar-refractivity contribution is 0.102. The number of anilines is 2. The molecule has 0 atom stereocenters. The first-order chi connectivity index (χ1) is 14.5. The number of carbonyl (C=O) groups is 1. The fourth-order valence-corrected chi connectivity index (χ4v) is 2.97. The van der Waals surface area contributed by atoms with Crippen LogP contribution in [0.25, 0.3) is 11.4 Å². The van der Waals surface area contributed by atoms with Crippen LogP contribution >= 0.6 is 0 Å². The van der Waals surface area contributed by atoms with Crippen LogP contribution in [0.2, 0.25) is 0 Å². The number of rotatable bonds is 5. The maximum absolute atomic E-state index is 13.0. The van der Waals surface area contributed by atoms with Gasteiger partial charge in [-0.1, -0.05) is 12.1 Å². The average molecular weight is 400 g/mol. The molecule has 0 radical (unpaired) electrons. The van der Waals surface area contributed by atoms with Gasteiger partial charge in [-0.15, -0.1) is 0 Å². The Bertz CT molecular complexity index is 1220. The lowest BCUT2D eigenvalue weighted by Crippen LogP contribution is -2.13. The third-order valence-corrected chi connectivity index (χ3v) is 4.53. The number of nitrogens with zero attached hydrogens (tertiary/aromatic N) is 2. The molecule has 0 aliphatic heterocycles. The van der Waals surface area contributed by atoms with Crippen LogP contribution in [0.3, 0.4) is 0 Å². The lowest BCUT2D eigenvalue weighted by atomic mass is 9.97. The van der Waals surface area contributed by atoms with Gasteiger partial charge < -0.3 is 11.1 Å². The first-order valence-electron chi connectivity index (χ1n) is 9.03. The second-order valence-electron chi connectivity index (χ2n) is 6.55. The zero-order chi connectivity index (χ0) is 21.1. The normalized spacial score (nSPS) is 10.6. The Morgan fingerprint density at radius 2 is 1.80 bits per heavy atom. The molecule has 0 spiro atoms. The molecule has 3 aromatic carbocycles. The molecule has 7 nitrogen and oxygen atoms in total. The summed E-state index contributed by atoms with van der Waals surface area (Å²) in [4.78, 5) is 16.7. The van der Waals surface area contributed by atoms with Crippen molar-refractivity contribution in [2.45, 2.75) is 0 Å². The zero-order valence-electron chi connectivity index (χ0n) is 15.7. The molecule has 0 fully saturated rings. The Morgan fingerprint density at radius 1 is 1.03 bits per heavy atom. The number of benzene rings is 3. The minimum Gasteiger partial charge on any atom is -0.398 e. The van der Waals surface area contributed by atoms with Crippen LogP contribution in [0.4, 0.5) is 15.8 Å². The zero-order valence-corrected chi connectivity index (χ0v) is 15.7. The number of nitrogens with two attached hydrogens (primary N) is 1. The van der Waals surface area contributed by atoms with E-state index < -0.39 is 0 Å². The summed E-state index contributed by atoms with van der Waals surface area (Å²) in [6.07, 6.45) is 1.40. The third-order valence-electron chi connectivity index (χ3n) is 4.53. The highest BCUT2D eigenvalue weighted by atomic mass is 19.1. The van der Waals surface area contributed by atoms with Crippen molar-refractivity contribution < 1.29 is 9.18 Å². The van der Waals surface area contributed by atoms with Gasteiger partial charge in [0.15, 0.2) is 5.82 Å². The summed E-state index contributed by atoms with van der Waals surface area (Å²) in [5.74, 6) is -0.176. The standard InChI is InChI=1S/C22H17FN6O/c23-16-5-7-17(8-6-16)28-22(30)15-3-1-2-13(10-15)20(25)18-11-14(4-9-19(18)24)21-26-12-27-29-21/h1-12,25H,24H2,(H,28,30)(H,26,27,29). The first-order valence-corrected chi connectivity index (χ1v) is 9.03. The summed E-state index contributed by atoms with van der Waals surface area (Å²) < 4.78 is 13.0. The van der Waals surface area contributed by atoms with Crippen molar-refractivity contribution in [1.29, 1.82) is 5.41 Å². The van der Waals surface area contributed by atoms with Gasteiger partial charge in [-0.25, -0.2) is 9.37 Å². The van der Waals surface area contributed by atoms with Gasteiger partial charge in [0, 0.05) is 33.6 Å². The number of halogens is 1. The van der Waals surface area contributed by atoms with Crippen molar-refractivity contribution in [3.8, 4) is 11.4 Å². The second kappa shape index (κ2) is 7.96. The number of amides is 1. The van der Waals surface area contributed by atoms with Gasteiger partial charge >= 0.3 is 0 Å². The van der Waals surface area contributed by atoms with Crippen LogP contribution < -0.4 is 11.1 Å². The Balaban J connectivity index is 1.60. The quantitative estimate of drug-likeness (QED) is 0.300. The topological polar surface area (TPSA) is 121 Å². The minimum atomic E-state index is -0.381. The highest BCUT2D eigenvalue weighted by Crippen LogP contribution is 2.24. The summed E-state index contributed by atoms with van der Waals surface area (Å²) in [5, 5.41) is 17.9. The molecule has 0 aliphatic rings. The molecule has 1 aromatic heterocycles. The van der Waals surface area contributed by atoms with E-state index in [1.54, 1.807) is 42.5 Å². The summed E-state index contributed by atoms with van der Waals surface area (Å²) in [6.45, 7) is 0. The fraction of sp³-hybridized carbons (Fsp3) is 0. The molecule has 0 aliphatic carbocycles. The molecule has 0 bridgehead atoms. The highest BCUT2D eigenvalue weighted by Gasteiger charge is 2.14. The molecule has 1 amide bonds. The Hall–Kier alpha value is -4.33. The van der Waals surface area contributed by atoms with Crippen LogP contribution in [0.15, 0.2) is 73.1 Å². The molecule has 4 rings (SSSR count). The molecule has 8 heteroatoms. The van der Waals surface area contributed by atoms with Gasteiger partial charge in [0.2, 0.25) is 0 Å². The number of nitrogen functional groups attached to an aromatic ring is 1. The van der Waals surface area contributed by atoms with E-state index in [-0.39, 0.29) is 17.4 Å². The predicted octanol–water partition coefficient (Wildman–Crippen LogP) is 3.86. The van der Waals surface area contributed by atoms with Crippen molar-refractivity contribution >= 4 is 23.0 Å². The molecule has 1 heterocycles. The largest absolute Gasteiger partial charge is 0.398 e. The Labute approximate surface area is 171 Å². The number of hydrogen-bond donors (Lipinski definition) is 4. The van der Waals surface area contributed by atoms with E-state index in [0.29, 0.717) is 33.9 Å². The van der Waals surface area contributed by atoms with Crippen molar-refractivity contribution in [3.63, 3.8) is 0 Å². The molecule has 0 saturated carbocycles. The molecule has 0 saturated heterocycles. The highest BCUT2D eigenvalue weighted by molar-refractivity contribution is 6.15. The van der Waals surface area contributed by atoms with Crippen LogP contribution in [0.5, 0.6) is 0 Å². The van der Waals surface area contributed by atoms with Gasteiger partial charge in [-0.05, 0) is 54.6 Å². The maximum atomic E-state index is 13.0. The van der Waals surface area contributed by atoms with Gasteiger partial charge in [0.25, 0.3) is 5.91 Å². The van der Waals surface area contributed by atoms with Crippen molar-refractivity contribution in [2.24, 2.45) is 0 Å². The van der Waals surface area contributed by atoms with Gasteiger partial charge in [-0.3, -0.25) is 15.3 Å². The molecule has 148 valence electrons. The summed E-state index contributed by atoms with van der Waals surface area (Å²) in [7, 11) is 0. The van der Waals surface area contributed by atoms with E-state index in [1.807, 2.05) is 0 Å². The smallest absolute Gasteiger partial charge is 0.255 e. The molecule has 30 heavy (non-hydrogen) atoms. The summed E-state index contributed by atoms with van der Waals surface area (Å²) in [5.41, 5.74) is 9.33. The summed E-state index contributed by atoms with van der Waals surface area (Å²) in [6, 6.07) is 17.4. The summed E-state index contributed by atoms with van der Waals surface area (Å²) >= 11 is 0. The molecule has 0 unspecified atom stereocenters. The van der Waals surface area contributed by atoms with E-state index in [0.717, 1.165) is 5.56 Å². The van der Waals surface area contributed by atoms with E-state index in [4.69, 9.17) is 11.1 Å². The van der Waals surface area contributed by atoms with Crippen LogP contribution in [0, 0.1) is 11.2 Å². The van der Waals surface area contributed by atoms with Gasteiger partial charge in [-0.2, -0.15) is 5.10 Å². The first kappa shape index (κ1) is 19.0. The number of aromatic nitrogens is 3. The number of H-pyrrole nitrogens is 1. The molecule has 5 N–H and O–H groups in total. The third kappa shape index (κ3) is 3.93. The average Bonchev–Trinajstić information content (AvgIpc) is 3.30. The van der Waals surface area contributed by atoms with Gasteiger partial charge in [0.1, 0.15) is 12.1 Å². The molecule has 4 aromatic rings. The number of carbonyl (C=O) groups excluding carboxylic acids is 1.